The van der Waals surface area contributed by atoms with Gasteiger partial charge in [0.2, 0.25) is 15.9 Å². The molecule has 1 heterocycles. The molecule has 24 heavy (non-hydrogen) atoms. The van der Waals surface area contributed by atoms with Crippen LogP contribution >= 0.6 is 11.6 Å². The van der Waals surface area contributed by atoms with Crippen molar-refractivity contribution in [2.75, 3.05) is 13.1 Å². The summed E-state index contributed by atoms with van der Waals surface area (Å²) in [7, 11) is -3.52. The Morgan fingerprint density at radius 1 is 1.29 bits per heavy atom. The third-order valence-corrected chi connectivity index (χ3v) is 6.55. The van der Waals surface area contributed by atoms with E-state index in [1.54, 1.807) is 12.1 Å². The minimum Gasteiger partial charge on any atom is -0.353 e. The lowest BCUT2D eigenvalue weighted by Gasteiger charge is -2.31. The highest BCUT2D eigenvalue weighted by atomic mass is 35.5. The Morgan fingerprint density at radius 2 is 1.88 bits per heavy atom. The lowest BCUT2D eigenvalue weighted by atomic mass is 9.96. The van der Waals surface area contributed by atoms with Crippen LogP contribution in [-0.2, 0) is 14.8 Å². The first-order valence-electron chi connectivity index (χ1n) is 8.40. The highest BCUT2D eigenvalue weighted by molar-refractivity contribution is 7.89. The maximum atomic E-state index is 12.6. The second-order valence-corrected chi connectivity index (χ2v) is 8.70. The standard InChI is InChI=1S/C17H25ClN2O3S/c1-3-4-13(2)19-17(21)14-9-11-20(12-10-14)24(22,23)16-7-5-15(18)6-8-16/h5-8,13-14H,3-4,9-12H2,1-2H3,(H,19,21)/t13-/m1/s1. The summed E-state index contributed by atoms with van der Waals surface area (Å²) in [5.41, 5.74) is 0. The Morgan fingerprint density at radius 3 is 2.42 bits per heavy atom. The lowest BCUT2D eigenvalue weighted by molar-refractivity contribution is -0.126. The fourth-order valence-electron chi connectivity index (χ4n) is 2.98. The van der Waals surface area contributed by atoms with E-state index in [4.69, 9.17) is 11.6 Å². The zero-order valence-corrected chi connectivity index (χ0v) is 15.7. The molecule has 0 spiro atoms. The Balaban J connectivity index is 1.94. The molecule has 0 aromatic heterocycles. The number of hydrogen-bond donors (Lipinski definition) is 1. The summed E-state index contributed by atoms with van der Waals surface area (Å²) in [6, 6.07) is 6.34. The molecule has 0 bridgehead atoms. The molecule has 1 aliphatic heterocycles. The van der Waals surface area contributed by atoms with Gasteiger partial charge in [0, 0.05) is 30.1 Å². The predicted octanol–water partition coefficient (Wildman–Crippen LogP) is 3.05. The van der Waals surface area contributed by atoms with E-state index in [2.05, 4.69) is 12.2 Å². The van der Waals surface area contributed by atoms with Gasteiger partial charge in [0.25, 0.3) is 0 Å². The van der Waals surface area contributed by atoms with Gasteiger partial charge in [0.15, 0.2) is 0 Å². The quantitative estimate of drug-likeness (QED) is 0.834. The molecule has 0 aliphatic carbocycles. The fraction of sp³-hybridized carbons (Fsp3) is 0.588. The van der Waals surface area contributed by atoms with Crippen molar-refractivity contribution in [3.05, 3.63) is 29.3 Å². The van der Waals surface area contributed by atoms with Crippen molar-refractivity contribution in [2.45, 2.75) is 50.5 Å². The second-order valence-electron chi connectivity index (χ2n) is 6.33. The van der Waals surface area contributed by atoms with Crippen molar-refractivity contribution < 1.29 is 13.2 Å². The summed E-state index contributed by atoms with van der Waals surface area (Å²) in [4.78, 5) is 12.5. The number of rotatable bonds is 6. The number of amides is 1. The molecule has 5 nitrogen and oxygen atoms in total. The molecule has 1 N–H and O–H groups in total. The van der Waals surface area contributed by atoms with E-state index in [0.29, 0.717) is 31.0 Å². The molecule has 1 aliphatic rings. The summed E-state index contributed by atoms with van der Waals surface area (Å²) >= 11 is 5.81. The molecular formula is C17H25ClN2O3S. The predicted molar refractivity (Wildman–Crippen MR) is 95.4 cm³/mol. The van der Waals surface area contributed by atoms with Gasteiger partial charge in [-0.1, -0.05) is 24.9 Å². The van der Waals surface area contributed by atoms with Crippen LogP contribution in [0.25, 0.3) is 0 Å². The van der Waals surface area contributed by atoms with Crippen molar-refractivity contribution in [1.29, 1.82) is 0 Å². The molecule has 134 valence electrons. The van der Waals surface area contributed by atoms with E-state index >= 15 is 0 Å². The van der Waals surface area contributed by atoms with E-state index in [1.807, 2.05) is 6.92 Å². The van der Waals surface area contributed by atoms with Gasteiger partial charge in [-0.25, -0.2) is 8.42 Å². The smallest absolute Gasteiger partial charge is 0.243 e. The highest BCUT2D eigenvalue weighted by Crippen LogP contribution is 2.25. The first kappa shape index (κ1) is 19.2. The Kier molecular flexibility index (Phi) is 6.66. The minimum absolute atomic E-state index is 0.0412. The Hall–Kier alpha value is -1.11. The van der Waals surface area contributed by atoms with Crippen LogP contribution in [0.5, 0.6) is 0 Å². The molecule has 2 rings (SSSR count). The van der Waals surface area contributed by atoms with Crippen molar-refractivity contribution >= 4 is 27.5 Å². The SMILES string of the molecule is CCC[C@@H](C)NC(=O)C1CCN(S(=O)(=O)c2ccc(Cl)cc2)CC1. The normalized spacial score (nSPS) is 18.3. The number of piperidine rings is 1. The zero-order valence-electron chi connectivity index (χ0n) is 14.2. The van der Waals surface area contributed by atoms with Crippen molar-refractivity contribution in [1.82, 2.24) is 9.62 Å². The molecule has 1 aromatic carbocycles. The maximum Gasteiger partial charge on any atom is 0.243 e. The summed E-state index contributed by atoms with van der Waals surface area (Å²) in [5, 5.41) is 3.53. The number of carbonyl (C=O) groups is 1. The third kappa shape index (κ3) is 4.71. The Bertz CT molecular complexity index is 653. The van der Waals surface area contributed by atoms with Crippen LogP contribution < -0.4 is 5.32 Å². The Labute approximate surface area is 149 Å². The van der Waals surface area contributed by atoms with Gasteiger partial charge in [0.05, 0.1) is 4.90 Å². The van der Waals surface area contributed by atoms with Crippen LogP contribution in [-0.4, -0.2) is 37.8 Å². The van der Waals surface area contributed by atoms with E-state index in [9.17, 15) is 13.2 Å². The average Bonchev–Trinajstić information content (AvgIpc) is 2.55. The van der Waals surface area contributed by atoms with Crippen LogP contribution in [0.15, 0.2) is 29.2 Å². The van der Waals surface area contributed by atoms with Gasteiger partial charge in [0.1, 0.15) is 0 Å². The topological polar surface area (TPSA) is 66.5 Å². The molecule has 0 radical (unpaired) electrons. The van der Waals surface area contributed by atoms with Crippen LogP contribution in [0.1, 0.15) is 39.5 Å². The summed E-state index contributed by atoms with van der Waals surface area (Å²) in [5.74, 6) is -0.0690. The monoisotopic (exact) mass is 372 g/mol. The van der Waals surface area contributed by atoms with Gasteiger partial charge >= 0.3 is 0 Å². The number of nitrogens with zero attached hydrogens (tertiary/aromatic N) is 1. The highest BCUT2D eigenvalue weighted by Gasteiger charge is 2.32. The maximum absolute atomic E-state index is 12.6. The van der Waals surface area contributed by atoms with Gasteiger partial charge in [-0.2, -0.15) is 4.31 Å². The zero-order chi connectivity index (χ0) is 17.7. The second kappa shape index (κ2) is 8.32. The van der Waals surface area contributed by atoms with Gasteiger partial charge in [-0.3, -0.25) is 4.79 Å². The molecule has 7 heteroatoms. The van der Waals surface area contributed by atoms with Gasteiger partial charge in [-0.15, -0.1) is 0 Å². The molecule has 1 aromatic rings. The first-order valence-corrected chi connectivity index (χ1v) is 10.2. The molecule has 1 amide bonds. The molecule has 1 atom stereocenters. The van der Waals surface area contributed by atoms with E-state index in [0.717, 1.165) is 12.8 Å². The number of benzene rings is 1. The number of hydrogen-bond acceptors (Lipinski definition) is 3. The molecule has 1 saturated heterocycles. The molecular weight excluding hydrogens is 348 g/mol. The third-order valence-electron chi connectivity index (χ3n) is 4.39. The molecule has 1 fully saturated rings. The minimum atomic E-state index is -3.52. The van der Waals surface area contributed by atoms with E-state index in [-0.39, 0.29) is 22.8 Å². The van der Waals surface area contributed by atoms with Crippen LogP contribution in [0, 0.1) is 5.92 Å². The van der Waals surface area contributed by atoms with E-state index < -0.39 is 10.0 Å². The number of nitrogens with one attached hydrogen (secondary N) is 1. The fourth-order valence-corrected chi connectivity index (χ4v) is 4.58. The van der Waals surface area contributed by atoms with Crippen molar-refractivity contribution in [3.8, 4) is 0 Å². The number of carbonyl (C=O) groups excluding carboxylic acids is 1. The number of sulfonamides is 1. The summed E-state index contributed by atoms with van der Waals surface area (Å²) < 4.78 is 26.7. The summed E-state index contributed by atoms with van der Waals surface area (Å²) in [6.45, 7) is 4.82. The van der Waals surface area contributed by atoms with Crippen LogP contribution in [0.3, 0.4) is 0 Å². The first-order chi connectivity index (χ1) is 11.3. The average molecular weight is 373 g/mol. The van der Waals surface area contributed by atoms with Crippen molar-refractivity contribution in [3.63, 3.8) is 0 Å². The number of halogens is 1. The molecule has 0 saturated carbocycles. The van der Waals surface area contributed by atoms with Crippen LogP contribution in [0.2, 0.25) is 5.02 Å². The van der Waals surface area contributed by atoms with Crippen LogP contribution in [0.4, 0.5) is 0 Å². The summed E-state index contributed by atoms with van der Waals surface area (Å²) in [6.07, 6.45) is 3.09. The lowest BCUT2D eigenvalue weighted by Crippen LogP contribution is -2.44. The van der Waals surface area contributed by atoms with Gasteiger partial charge in [-0.05, 0) is 50.5 Å². The van der Waals surface area contributed by atoms with E-state index in [1.165, 1.54) is 16.4 Å². The van der Waals surface area contributed by atoms with Crippen molar-refractivity contribution in [2.24, 2.45) is 5.92 Å². The van der Waals surface area contributed by atoms with Gasteiger partial charge < -0.3 is 5.32 Å². The molecule has 0 unspecified atom stereocenters. The largest absolute Gasteiger partial charge is 0.353 e.